The molecule has 0 aromatic carbocycles. The third-order valence-electron chi connectivity index (χ3n) is 2.99. The van der Waals surface area contributed by atoms with Crippen LogP contribution in [0.3, 0.4) is 0 Å². The van der Waals surface area contributed by atoms with Crippen LogP contribution >= 0.6 is 0 Å². The maximum atomic E-state index is 8.78. The Hall–Kier alpha value is -0.200. The first kappa shape index (κ1) is 14.9. The Balaban J connectivity index is 2.39. The van der Waals surface area contributed by atoms with Crippen molar-refractivity contribution < 1.29 is 19.9 Å². The van der Waals surface area contributed by atoms with E-state index in [0.717, 1.165) is 12.8 Å². The molecule has 1 aliphatic rings. The normalized spacial score (nSPS) is 19.2. The van der Waals surface area contributed by atoms with E-state index >= 15 is 0 Å². The van der Waals surface area contributed by atoms with E-state index in [4.69, 9.17) is 19.9 Å². The highest BCUT2D eigenvalue weighted by atomic mass is 17.0. The number of hydroxylamine groups is 2. The highest BCUT2D eigenvalue weighted by Gasteiger charge is 2.21. The van der Waals surface area contributed by atoms with E-state index in [1.165, 1.54) is 37.3 Å². The van der Waals surface area contributed by atoms with Gasteiger partial charge in [0.05, 0.1) is 32.5 Å². The first-order chi connectivity index (χ1) is 8.38. The molecule has 0 saturated heterocycles. The lowest BCUT2D eigenvalue weighted by molar-refractivity contribution is -0.392. The van der Waals surface area contributed by atoms with Crippen LogP contribution in [0.1, 0.15) is 44.9 Å². The average Bonchev–Trinajstić information content (AvgIpc) is 2.30. The van der Waals surface area contributed by atoms with E-state index in [1.807, 2.05) is 0 Å². The molecule has 0 spiro atoms. The van der Waals surface area contributed by atoms with Crippen LogP contribution in [0.25, 0.3) is 0 Å². The minimum atomic E-state index is -0.0221. The molecule has 0 aromatic rings. The molecule has 0 amide bonds. The second-order valence-electron chi connectivity index (χ2n) is 4.40. The minimum Gasteiger partial charge on any atom is -0.394 e. The number of aliphatic hydroxyl groups excluding tert-OH is 2. The summed E-state index contributed by atoms with van der Waals surface area (Å²) in [6.07, 6.45) is 8.34. The predicted octanol–water partition coefficient (Wildman–Crippen LogP) is 1.25. The van der Waals surface area contributed by atoms with Crippen molar-refractivity contribution in [2.75, 3.05) is 26.4 Å². The Bertz CT molecular complexity index is 164. The molecule has 0 radical (unpaired) electrons. The van der Waals surface area contributed by atoms with E-state index in [1.54, 1.807) is 0 Å². The molecule has 0 heterocycles. The number of aliphatic hydroxyl groups is 2. The summed E-state index contributed by atoms with van der Waals surface area (Å²) < 4.78 is 0. The molecular formula is C12H25NO4. The molecule has 5 heteroatoms. The van der Waals surface area contributed by atoms with Gasteiger partial charge in [-0.3, -0.25) is 9.68 Å². The molecule has 0 bridgehead atoms. The minimum absolute atomic E-state index is 0.0221. The summed E-state index contributed by atoms with van der Waals surface area (Å²) in [6, 6.07) is 0.244. The number of hydrogen-bond donors (Lipinski definition) is 2. The van der Waals surface area contributed by atoms with Gasteiger partial charge < -0.3 is 10.2 Å². The van der Waals surface area contributed by atoms with E-state index in [2.05, 4.69) is 0 Å². The zero-order chi connectivity index (χ0) is 12.3. The van der Waals surface area contributed by atoms with E-state index in [-0.39, 0.29) is 32.5 Å². The van der Waals surface area contributed by atoms with Crippen molar-refractivity contribution in [3.05, 3.63) is 0 Å². The van der Waals surface area contributed by atoms with Crippen molar-refractivity contribution in [3.8, 4) is 0 Å². The SMILES string of the molecule is OCCON(OCCO)C1CCCCCCC1. The summed E-state index contributed by atoms with van der Waals surface area (Å²) >= 11 is 0. The quantitative estimate of drug-likeness (QED) is 0.663. The zero-order valence-electron chi connectivity index (χ0n) is 10.5. The van der Waals surface area contributed by atoms with Crippen LogP contribution < -0.4 is 0 Å². The summed E-state index contributed by atoms with van der Waals surface area (Å²) in [5, 5.41) is 19.1. The molecule has 2 N–H and O–H groups in total. The molecule has 1 saturated carbocycles. The zero-order valence-corrected chi connectivity index (χ0v) is 10.5. The first-order valence-electron chi connectivity index (χ1n) is 6.65. The topological polar surface area (TPSA) is 62.2 Å². The lowest BCUT2D eigenvalue weighted by Crippen LogP contribution is -2.37. The fourth-order valence-corrected chi connectivity index (χ4v) is 2.16. The van der Waals surface area contributed by atoms with Gasteiger partial charge in [-0.25, -0.2) is 0 Å². The molecule has 17 heavy (non-hydrogen) atoms. The number of rotatable bonds is 7. The highest BCUT2D eigenvalue weighted by molar-refractivity contribution is 4.66. The Kier molecular flexibility index (Phi) is 8.56. The van der Waals surface area contributed by atoms with E-state index in [9.17, 15) is 0 Å². The van der Waals surface area contributed by atoms with Gasteiger partial charge in [0, 0.05) is 0 Å². The van der Waals surface area contributed by atoms with Gasteiger partial charge in [-0.1, -0.05) is 37.3 Å². The predicted molar refractivity (Wildman–Crippen MR) is 64.0 cm³/mol. The fourth-order valence-electron chi connectivity index (χ4n) is 2.16. The summed E-state index contributed by atoms with van der Waals surface area (Å²) in [7, 11) is 0. The Labute approximate surface area is 103 Å². The van der Waals surface area contributed by atoms with E-state index in [0.29, 0.717) is 0 Å². The second kappa shape index (κ2) is 9.79. The lowest BCUT2D eigenvalue weighted by atomic mass is 9.97. The van der Waals surface area contributed by atoms with Crippen LogP contribution in [-0.4, -0.2) is 47.9 Å². The monoisotopic (exact) mass is 247 g/mol. The molecule has 1 aliphatic carbocycles. The smallest absolute Gasteiger partial charge is 0.0942 e. The molecule has 5 nitrogen and oxygen atoms in total. The van der Waals surface area contributed by atoms with Gasteiger partial charge in [0.15, 0.2) is 0 Å². The molecular weight excluding hydrogens is 222 g/mol. The Morgan fingerprint density at radius 3 is 1.76 bits per heavy atom. The van der Waals surface area contributed by atoms with Gasteiger partial charge in [-0.15, -0.1) is 0 Å². The van der Waals surface area contributed by atoms with Crippen molar-refractivity contribution in [1.82, 2.24) is 5.23 Å². The molecule has 1 fully saturated rings. The maximum Gasteiger partial charge on any atom is 0.0942 e. The molecule has 0 unspecified atom stereocenters. The molecule has 0 aliphatic heterocycles. The van der Waals surface area contributed by atoms with Gasteiger partial charge in [0.1, 0.15) is 0 Å². The first-order valence-corrected chi connectivity index (χ1v) is 6.65. The van der Waals surface area contributed by atoms with Gasteiger partial charge in [-0.05, 0) is 12.8 Å². The molecule has 102 valence electrons. The van der Waals surface area contributed by atoms with Crippen LogP contribution in [-0.2, 0) is 9.68 Å². The summed E-state index contributed by atoms with van der Waals surface area (Å²) in [6.45, 7) is 0.432. The van der Waals surface area contributed by atoms with Crippen LogP contribution in [0.4, 0.5) is 0 Å². The highest BCUT2D eigenvalue weighted by Crippen LogP contribution is 2.21. The fraction of sp³-hybridized carbons (Fsp3) is 1.00. The standard InChI is InChI=1S/C12H25NO4/c14-8-10-16-13(17-11-9-15)12-6-4-2-1-3-5-7-12/h12,14-15H,1-11H2. The average molecular weight is 247 g/mol. The van der Waals surface area contributed by atoms with Crippen LogP contribution in [0.5, 0.6) is 0 Å². The van der Waals surface area contributed by atoms with Crippen molar-refractivity contribution >= 4 is 0 Å². The van der Waals surface area contributed by atoms with Crippen molar-refractivity contribution in [2.24, 2.45) is 0 Å². The summed E-state index contributed by atoms with van der Waals surface area (Å²) in [4.78, 5) is 10.8. The number of nitrogens with zero attached hydrogens (tertiary/aromatic N) is 1. The molecule has 1 rings (SSSR count). The third kappa shape index (κ3) is 6.33. The van der Waals surface area contributed by atoms with Gasteiger partial charge in [-0.2, -0.15) is 0 Å². The lowest BCUT2D eigenvalue weighted by Gasteiger charge is -2.30. The van der Waals surface area contributed by atoms with Gasteiger partial charge in [0.25, 0.3) is 0 Å². The Morgan fingerprint density at radius 2 is 1.29 bits per heavy atom. The Morgan fingerprint density at radius 1 is 0.824 bits per heavy atom. The van der Waals surface area contributed by atoms with Crippen LogP contribution in [0.15, 0.2) is 0 Å². The summed E-state index contributed by atoms with van der Waals surface area (Å²) in [5.74, 6) is 0. The largest absolute Gasteiger partial charge is 0.394 e. The van der Waals surface area contributed by atoms with Crippen molar-refractivity contribution in [1.29, 1.82) is 0 Å². The van der Waals surface area contributed by atoms with E-state index < -0.39 is 0 Å². The molecule has 0 aromatic heterocycles. The van der Waals surface area contributed by atoms with Crippen LogP contribution in [0.2, 0.25) is 0 Å². The molecule has 0 atom stereocenters. The van der Waals surface area contributed by atoms with Crippen molar-refractivity contribution in [3.63, 3.8) is 0 Å². The van der Waals surface area contributed by atoms with Gasteiger partial charge in [0.2, 0.25) is 0 Å². The third-order valence-corrected chi connectivity index (χ3v) is 2.99. The van der Waals surface area contributed by atoms with Crippen LogP contribution in [0, 0.1) is 0 Å². The van der Waals surface area contributed by atoms with Gasteiger partial charge >= 0.3 is 0 Å². The summed E-state index contributed by atoms with van der Waals surface area (Å²) in [5.41, 5.74) is 0. The second-order valence-corrected chi connectivity index (χ2v) is 4.40. The maximum absolute atomic E-state index is 8.78. The number of hydrogen-bond acceptors (Lipinski definition) is 5. The van der Waals surface area contributed by atoms with Crippen molar-refractivity contribution in [2.45, 2.75) is 51.0 Å².